The Morgan fingerprint density at radius 1 is 0.459 bits per heavy atom. The van der Waals surface area contributed by atoms with Crippen molar-refractivity contribution in [3.8, 4) is 0 Å². The summed E-state index contributed by atoms with van der Waals surface area (Å²) in [5, 5.41) is 0. The quantitative estimate of drug-likeness (QED) is 0.170. The number of likely N-dealkylation sites (N-methyl/N-ethyl adjacent to an activating group) is 3. The first-order valence-electron chi connectivity index (χ1n) is 13.3. The lowest BCUT2D eigenvalue weighted by Crippen LogP contribution is -2.28. The predicted octanol–water partition coefficient (Wildman–Crippen LogP) is 6.84. The van der Waals surface area contributed by atoms with Crippen LogP contribution >= 0.6 is 8.60 Å². The van der Waals surface area contributed by atoms with Gasteiger partial charge in [-0.1, -0.05) is 54.6 Å². The van der Waals surface area contributed by atoms with Crippen LogP contribution < -0.4 is 14.7 Å². The summed E-state index contributed by atoms with van der Waals surface area (Å²) in [4.78, 5) is 6.90. The van der Waals surface area contributed by atoms with E-state index in [0.717, 1.165) is 39.3 Å². The molecular weight excluding hydrogens is 481 g/mol. The van der Waals surface area contributed by atoms with Crippen molar-refractivity contribution in [2.24, 2.45) is 0 Å². The molecule has 0 aliphatic carbocycles. The van der Waals surface area contributed by atoms with E-state index in [-0.39, 0.29) is 0 Å². The summed E-state index contributed by atoms with van der Waals surface area (Å²) in [5.41, 5.74) is 3.59. The van der Waals surface area contributed by atoms with Crippen molar-refractivity contribution >= 4 is 25.7 Å². The topological polar surface area (TPSA) is 37.4 Å². The molecule has 0 saturated carbocycles. The van der Waals surface area contributed by atoms with Gasteiger partial charge >= 0.3 is 8.60 Å². The van der Waals surface area contributed by atoms with Gasteiger partial charge in [0, 0.05) is 56.3 Å². The lowest BCUT2D eigenvalue weighted by Gasteiger charge is -2.27. The van der Waals surface area contributed by atoms with Crippen LogP contribution in [0.3, 0.4) is 0 Å². The molecule has 7 heteroatoms. The highest BCUT2D eigenvalue weighted by Crippen LogP contribution is 2.39. The van der Waals surface area contributed by atoms with E-state index in [4.69, 9.17) is 13.6 Å². The Hall–Kier alpha value is -2.63. The molecule has 0 fully saturated rings. The molecular formula is C30H42N3O3P. The van der Waals surface area contributed by atoms with Crippen molar-refractivity contribution in [2.75, 3.05) is 73.8 Å². The van der Waals surface area contributed by atoms with Crippen LogP contribution in [0.25, 0.3) is 0 Å². The third-order valence-corrected chi connectivity index (χ3v) is 7.36. The zero-order valence-corrected chi connectivity index (χ0v) is 23.4. The van der Waals surface area contributed by atoms with Crippen molar-refractivity contribution in [3.63, 3.8) is 0 Å². The average molecular weight is 524 g/mol. The molecule has 0 spiro atoms. The van der Waals surface area contributed by atoms with Gasteiger partial charge in [-0.3, -0.25) is 0 Å². The second-order valence-electron chi connectivity index (χ2n) is 8.47. The van der Waals surface area contributed by atoms with Crippen molar-refractivity contribution in [3.05, 3.63) is 91.0 Å². The summed E-state index contributed by atoms with van der Waals surface area (Å²) in [6, 6.07) is 31.3. The number of benzene rings is 3. The fourth-order valence-corrected chi connectivity index (χ4v) is 5.03. The monoisotopic (exact) mass is 523 g/mol. The van der Waals surface area contributed by atoms with E-state index < -0.39 is 8.60 Å². The van der Waals surface area contributed by atoms with Gasteiger partial charge in [-0.2, -0.15) is 0 Å². The zero-order valence-electron chi connectivity index (χ0n) is 22.5. The Balaban J connectivity index is 1.53. The maximum atomic E-state index is 6.18. The molecule has 0 unspecified atom stereocenters. The van der Waals surface area contributed by atoms with Crippen molar-refractivity contribution < 1.29 is 13.6 Å². The second kappa shape index (κ2) is 17.0. The first kappa shape index (κ1) is 28.9. The highest BCUT2D eigenvalue weighted by Gasteiger charge is 2.16. The highest BCUT2D eigenvalue weighted by atomic mass is 31.2. The molecule has 200 valence electrons. The lowest BCUT2D eigenvalue weighted by molar-refractivity contribution is 0.166. The molecule has 3 rings (SSSR count). The van der Waals surface area contributed by atoms with E-state index in [2.05, 4.69) is 108 Å². The smallest absolute Gasteiger partial charge is 0.332 e. The van der Waals surface area contributed by atoms with E-state index in [9.17, 15) is 0 Å². The van der Waals surface area contributed by atoms with E-state index >= 15 is 0 Å². The van der Waals surface area contributed by atoms with Gasteiger partial charge in [-0.05, 0) is 57.2 Å². The van der Waals surface area contributed by atoms with Gasteiger partial charge < -0.3 is 28.3 Å². The van der Waals surface area contributed by atoms with Crippen LogP contribution in [0.2, 0.25) is 0 Å². The minimum atomic E-state index is -1.45. The summed E-state index contributed by atoms with van der Waals surface area (Å²) < 4.78 is 18.5. The number of para-hydroxylation sites is 3. The van der Waals surface area contributed by atoms with Crippen LogP contribution in [0, 0.1) is 0 Å². The molecule has 0 aliphatic heterocycles. The molecule has 3 aromatic carbocycles. The lowest BCUT2D eigenvalue weighted by atomic mass is 10.3. The van der Waals surface area contributed by atoms with Crippen LogP contribution in [0.15, 0.2) is 91.0 Å². The van der Waals surface area contributed by atoms with Crippen LogP contribution in [0.1, 0.15) is 20.8 Å². The Morgan fingerprint density at radius 2 is 0.730 bits per heavy atom. The standard InChI is InChI=1S/C30H42N3O3P/c1-4-31(28-16-10-7-11-17-28)22-25-34-37(35-26-23-32(5-2)29-18-12-8-13-19-29)36-27-24-33(6-3)30-20-14-9-15-21-30/h7-21H,4-6,22-27H2,1-3H3. The third-order valence-electron chi connectivity index (χ3n) is 6.18. The summed E-state index contributed by atoms with van der Waals surface area (Å²) in [7, 11) is -1.45. The molecule has 0 atom stereocenters. The maximum absolute atomic E-state index is 6.18. The van der Waals surface area contributed by atoms with E-state index in [0.29, 0.717) is 19.8 Å². The third kappa shape index (κ3) is 9.98. The van der Waals surface area contributed by atoms with Gasteiger partial charge in [0.25, 0.3) is 0 Å². The molecule has 37 heavy (non-hydrogen) atoms. The minimum absolute atomic E-state index is 0.542. The molecule has 0 N–H and O–H groups in total. The van der Waals surface area contributed by atoms with Gasteiger partial charge in [0.2, 0.25) is 0 Å². The zero-order chi connectivity index (χ0) is 26.1. The van der Waals surface area contributed by atoms with Gasteiger partial charge in [0.1, 0.15) is 0 Å². The average Bonchev–Trinajstić information content (AvgIpc) is 2.96. The predicted molar refractivity (Wildman–Crippen MR) is 158 cm³/mol. The van der Waals surface area contributed by atoms with Crippen LogP contribution in [-0.2, 0) is 13.6 Å². The normalized spacial score (nSPS) is 11.0. The molecule has 6 nitrogen and oxygen atoms in total. The number of hydrogen-bond acceptors (Lipinski definition) is 6. The molecule has 0 amide bonds. The van der Waals surface area contributed by atoms with Crippen LogP contribution in [0.5, 0.6) is 0 Å². The SMILES string of the molecule is CCN(CCOP(OCCN(CC)c1ccccc1)OCCN(CC)c1ccccc1)c1ccccc1. The molecule has 0 heterocycles. The minimum Gasteiger partial charge on any atom is -0.369 e. The maximum Gasteiger partial charge on any atom is 0.332 e. The molecule has 3 aromatic rings. The Morgan fingerprint density at radius 3 is 0.973 bits per heavy atom. The molecule has 0 bridgehead atoms. The van der Waals surface area contributed by atoms with Crippen molar-refractivity contribution in [2.45, 2.75) is 20.8 Å². The Bertz CT molecular complexity index is 838. The fourth-order valence-electron chi connectivity index (χ4n) is 4.11. The first-order chi connectivity index (χ1) is 18.2. The Labute approximate surface area is 224 Å². The van der Waals surface area contributed by atoms with Gasteiger partial charge in [-0.25, -0.2) is 0 Å². The number of nitrogens with zero attached hydrogens (tertiary/aromatic N) is 3. The summed E-state index contributed by atoms with van der Waals surface area (Å²) in [6.45, 7) is 13.2. The van der Waals surface area contributed by atoms with E-state index in [1.165, 1.54) is 17.1 Å². The summed E-state index contributed by atoms with van der Waals surface area (Å²) in [6.07, 6.45) is 0. The highest BCUT2D eigenvalue weighted by molar-refractivity contribution is 7.41. The fraction of sp³-hybridized carbons (Fsp3) is 0.400. The summed E-state index contributed by atoms with van der Waals surface area (Å²) >= 11 is 0. The van der Waals surface area contributed by atoms with E-state index in [1.54, 1.807) is 0 Å². The Kier molecular flexibility index (Phi) is 13.3. The largest absolute Gasteiger partial charge is 0.369 e. The van der Waals surface area contributed by atoms with E-state index in [1.807, 2.05) is 18.2 Å². The van der Waals surface area contributed by atoms with Gasteiger partial charge in [0.05, 0.1) is 19.8 Å². The first-order valence-corrected chi connectivity index (χ1v) is 14.4. The van der Waals surface area contributed by atoms with Crippen LogP contribution in [-0.4, -0.2) is 59.1 Å². The number of hydrogen-bond donors (Lipinski definition) is 0. The van der Waals surface area contributed by atoms with Gasteiger partial charge in [0.15, 0.2) is 0 Å². The molecule has 0 aliphatic rings. The number of anilines is 3. The summed E-state index contributed by atoms with van der Waals surface area (Å²) in [5.74, 6) is 0. The van der Waals surface area contributed by atoms with Crippen molar-refractivity contribution in [1.29, 1.82) is 0 Å². The van der Waals surface area contributed by atoms with Gasteiger partial charge in [-0.15, -0.1) is 0 Å². The second-order valence-corrected chi connectivity index (χ2v) is 9.69. The van der Waals surface area contributed by atoms with Crippen LogP contribution in [0.4, 0.5) is 17.1 Å². The van der Waals surface area contributed by atoms with Crippen molar-refractivity contribution in [1.82, 2.24) is 0 Å². The molecule has 0 radical (unpaired) electrons. The molecule has 0 saturated heterocycles. The number of rotatable bonds is 18. The molecule has 0 aromatic heterocycles.